The zero-order valence-electron chi connectivity index (χ0n) is 16.2. The number of piperidine rings is 1. The van der Waals surface area contributed by atoms with E-state index < -0.39 is 0 Å². The molecule has 3 N–H and O–H groups in total. The Bertz CT molecular complexity index is 1030. The number of hydrogen-bond donors (Lipinski definition) is 2. The van der Waals surface area contributed by atoms with E-state index >= 15 is 0 Å². The fourth-order valence-corrected chi connectivity index (χ4v) is 4.71. The van der Waals surface area contributed by atoms with Crippen molar-refractivity contribution in [1.82, 2.24) is 29.2 Å². The molecule has 0 spiro atoms. The van der Waals surface area contributed by atoms with Crippen molar-refractivity contribution in [3.05, 3.63) is 46.4 Å². The Labute approximate surface area is 163 Å². The number of para-hydroxylation sites is 2. The van der Waals surface area contributed by atoms with E-state index in [1.807, 2.05) is 28.8 Å². The van der Waals surface area contributed by atoms with E-state index in [0.717, 1.165) is 68.0 Å². The quantitative estimate of drug-likeness (QED) is 0.714. The molecule has 2 aliphatic rings. The Morgan fingerprint density at radius 1 is 1.18 bits per heavy atom. The van der Waals surface area contributed by atoms with Crippen LogP contribution in [-0.4, -0.2) is 48.3 Å². The number of aromatic nitrogens is 5. The highest BCUT2D eigenvalue weighted by molar-refractivity contribution is 5.75. The Kier molecular flexibility index (Phi) is 4.32. The summed E-state index contributed by atoms with van der Waals surface area (Å²) in [5.74, 6) is 2.54. The van der Waals surface area contributed by atoms with Crippen LogP contribution in [0.15, 0.2) is 29.1 Å². The lowest BCUT2D eigenvalue weighted by Gasteiger charge is -2.33. The molecule has 1 aromatic carbocycles. The average Bonchev–Trinajstić information content (AvgIpc) is 3.19. The van der Waals surface area contributed by atoms with Crippen LogP contribution in [0, 0.1) is 0 Å². The second kappa shape index (κ2) is 6.86. The summed E-state index contributed by atoms with van der Waals surface area (Å²) in [4.78, 5) is 17.8. The number of fused-ring (bicyclic) bond motifs is 1. The molecule has 1 saturated heterocycles. The summed E-state index contributed by atoms with van der Waals surface area (Å²) in [6.45, 7) is 2.71. The molecular formula is C20H27N7O. The molecule has 1 aliphatic carbocycles. The second-order valence-corrected chi connectivity index (χ2v) is 8.29. The molecule has 3 aromatic rings. The van der Waals surface area contributed by atoms with Gasteiger partial charge in [0.25, 0.3) is 0 Å². The lowest BCUT2D eigenvalue weighted by molar-refractivity contribution is 0.174. The minimum atomic E-state index is -0.00343. The third-order valence-electron chi connectivity index (χ3n) is 6.45. The normalized spacial score (nSPS) is 23.9. The molecule has 1 saturated carbocycles. The number of nitrogens with two attached hydrogens (primary N) is 1. The highest BCUT2D eigenvalue weighted by Crippen LogP contribution is 2.34. The molecule has 3 heterocycles. The highest BCUT2D eigenvalue weighted by Gasteiger charge is 2.32. The Balaban J connectivity index is 1.25. The summed E-state index contributed by atoms with van der Waals surface area (Å²) in [6.07, 6.45) is 3.95. The van der Waals surface area contributed by atoms with Crippen molar-refractivity contribution in [3.8, 4) is 0 Å². The molecule has 0 amide bonds. The summed E-state index contributed by atoms with van der Waals surface area (Å²) >= 11 is 0. The first-order chi connectivity index (χ1) is 13.6. The number of imidazole rings is 1. The lowest BCUT2D eigenvalue weighted by atomic mass is 9.80. The Morgan fingerprint density at radius 2 is 1.93 bits per heavy atom. The first-order valence-corrected chi connectivity index (χ1v) is 10.2. The third-order valence-corrected chi connectivity index (χ3v) is 6.45. The van der Waals surface area contributed by atoms with Gasteiger partial charge in [-0.05, 0) is 37.8 Å². The molecule has 5 rings (SSSR count). The van der Waals surface area contributed by atoms with Crippen molar-refractivity contribution in [1.29, 1.82) is 0 Å². The molecule has 0 atom stereocenters. The van der Waals surface area contributed by atoms with E-state index in [4.69, 9.17) is 5.73 Å². The molecule has 2 aromatic heterocycles. The van der Waals surface area contributed by atoms with Crippen LogP contribution in [-0.2, 0) is 13.6 Å². The van der Waals surface area contributed by atoms with Gasteiger partial charge in [0.1, 0.15) is 11.6 Å². The van der Waals surface area contributed by atoms with Gasteiger partial charge in [-0.3, -0.25) is 9.47 Å². The molecule has 0 bridgehead atoms. The van der Waals surface area contributed by atoms with Crippen LogP contribution < -0.4 is 11.4 Å². The lowest BCUT2D eigenvalue weighted by Crippen LogP contribution is -2.37. The predicted molar refractivity (Wildman–Crippen MR) is 107 cm³/mol. The number of rotatable bonds is 4. The van der Waals surface area contributed by atoms with Crippen LogP contribution in [0.5, 0.6) is 0 Å². The number of hydrogen-bond acceptors (Lipinski definition) is 5. The van der Waals surface area contributed by atoms with Crippen molar-refractivity contribution < 1.29 is 0 Å². The van der Waals surface area contributed by atoms with Gasteiger partial charge in [0.2, 0.25) is 0 Å². The number of nitrogens with zero attached hydrogens (tertiary/aromatic N) is 5. The van der Waals surface area contributed by atoms with Crippen LogP contribution in [0.4, 0.5) is 0 Å². The number of aromatic amines is 1. The topological polar surface area (TPSA) is 97.8 Å². The second-order valence-electron chi connectivity index (χ2n) is 8.29. The van der Waals surface area contributed by atoms with Gasteiger partial charge in [-0.25, -0.2) is 4.79 Å². The number of nitrogens with one attached hydrogen (secondary N) is 1. The maximum Gasteiger partial charge on any atom is 0.326 e. The fourth-order valence-electron chi connectivity index (χ4n) is 4.71. The van der Waals surface area contributed by atoms with E-state index in [-0.39, 0.29) is 11.7 Å². The Hall–Kier alpha value is -2.45. The molecule has 1 aliphatic heterocycles. The number of benzene rings is 1. The van der Waals surface area contributed by atoms with Gasteiger partial charge in [-0.15, -0.1) is 10.2 Å². The summed E-state index contributed by atoms with van der Waals surface area (Å²) in [6, 6.07) is 8.48. The van der Waals surface area contributed by atoms with E-state index in [2.05, 4.69) is 31.7 Å². The third kappa shape index (κ3) is 2.97. The minimum Gasteiger partial charge on any atom is -0.328 e. The summed E-state index contributed by atoms with van der Waals surface area (Å²) < 4.78 is 4.08. The van der Waals surface area contributed by atoms with Crippen LogP contribution in [0.2, 0.25) is 0 Å². The van der Waals surface area contributed by atoms with E-state index in [1.54, 1.807) is 0 Å². The molecule has 8 nitrogen and oxygen atoms in total. The maximum atomic E-state index is 12.4. The molecule has 0 unspecified atom stereocenters. The van der Waals surface area contributed by atoms with Crippen LogP contribution in [0.1, 0.15) is 49.3 Å². The fraction of sp³-hybridized carbons (Fsp3) is 0.550. The van der Waals surface area contributed by atoms with Crippen molar-refractivity contribution in [2.45, 2.75) is 50.2 Å². The highest BCUT2D eigenvalue weighted by atomic mass is 16.1. The molecule has 8 heteroatoms. The van der Waals surface area contributed by atoms with Crippen molar-refractivity contribution in [3.63, 3.8) is 0 Å². The maximum absolute atomic E-state index is 12.4. The first kappa shape index (κ1) is 17.6. The monoisotopic (exact) mass is 381 g/mol. The van der Waals surface area contributed by atoms with Gasteiger partial charge >= 0.3 is 5.69 Å². The summed E-state index contributed by atoms with van der Waals surface area (Å²) in [5.41, 5.74) is 7.83. The Morgan fingerprint density at radius 3 is 2.68 bits per heavy atom. The standard InChI is InChI=1S/C20H27N7O/c1-25-18(23-24-19(25)13-10-14(21)11-13)12-26-8-6-15(7-9-26)27-17-5-3-2-4-16(17)22-20(27)28/h2-5,13-15H,6-12,21H2,1H3,(H,22,28). The predicted octanol–water partition coefficient (Wildman–Crippen LogP) is 1.50. The van der Waals surface area contributed by atoms with E-state index in [0.29, 0.717) is 12.0 Å². The van der Waals surface area contributed by atoms with Gasteiger partial charge < -0.3 is 15.3 Å². The molecular weight excluding hydrogens is 354 g/mol. The van der Waals surface area contributed by atoms with Crippen molar-refractivity contribution in [2.24, 2.45) is 12.8 Å². The zero-order chi connectivity index (χ0) is 19.3. The average molecular weight is 381 g/mol. The molecule has 0 radical (unpaired) electrons. The van der Waals surface area contributed by atoms with Crippen molar-refractivity contribution >= 4 is 11.0 Å². The largest absolute Gasteiger partial charge is 0.328 e. The molecule has 2 fully saturated rings. The van der Waals surface area contributed by atoms with E-state index in [9.17, 15) is 4.79 Å². The van der Waals surface area contributed by atoms with Gasteiger partial charge in [0.15, 0.2) is 0 Å². The molecule has 28 heavy (non-hydrogen) atoms. The minimum absolute atomic E-state index is 0.00343. The summed E-state index contributed by atoms with van der Waals surface area (Å²) in [7, 11) is 2.06. The van der Waals surface area contributed by atoms with Gasteiger partial charge in [-0.1, -0.05) is 12.1 Å². The van der Waals surface area contributed by atoms with Crippen LogP contribution >= 0.6 is 0 Å². The number of H-pyrrole nitrogens is 1. The van der Waals surface area contributed by atoms with Gasteiger partial charge in [0, 0.05) is 38.1 Å². The van der Waals surface area contributed by atoms with Gasteiger partial charge in [0.05, 0.1) is 17.6 Å². The zero-order valence-corrected chi connectivity index (χ0v) is 16.2. The smallest absolute Gasteiger partial charge is 0.326 e. The van der Waals surface area contributed by atoms with E-state index in [1.165, 1.54) is 0 Å². The van der Waals surface area contributed by atoms with Gasteiger partial charge in [-0.2, -0.15) is 0 Å². The molecule has 148 valence electrons. The van der Waals surface area contributed by atoms with Crippen LogP contribution in [0.25, 0.3) is 11.0 Å². The van der Waals surface area contributed by atoms with Crippen molar-refractivity contribution in [2.75, 3.05) is 13.1 Å². The SMILES string of the molecule is Cn1c(CN2CCC(n3c(=O)[nH]c4ccccc43)CC2)nnc1C1CC(N)C1. The first-order valence-electron chi connectivity index (χ1n) is 10.2. The van der Waals surface area contributed by atoms with Crippen LogP contribution in [0.3, 0.4) is 0 Å². The number of likely N-dealkylation sites (tertiary alicyclic amines) is 1. The summed E-state index contributed by atoms with van der Waals surface area (Å²) in [5, 5.41) is 8.85.